The summed E-state index contributed by atoms with van der Waals surface area (Å²) in [5.74, 6) is -0.321. The first-order valence-corrected chi connectivity index (χ1v) is 4.48. The Morgan fingerprint density at radius 2 is 2.54 bits per heavy atom. The molecule has 0 radical (unpaired) electrons. The van der Waals surface area contributed by atoms with Crippen molar-refractivity contribution in [3.8, 4) is 0 Å². The predicted octanol–water partition coefficient (Wildman–Crippen LogP) is 0.882. The molecule has 72 valence electrons. The van der Waals surface area contributed by atoms with E-state index in [0.29, 0.717) is 10.3 Å². The van der Waals surface area contributed by atoms with Gasteiger partial charge in [0, 0.05) is 19.7 Å². The van der Waals surface area contributed by atoms with Gasteiger partial charge in [0.25, 0.3) is 5.91 Å². The molecule has 0 unspecified atom stereocenters. The van der Waals surface area contributed by atoms with Crippen molar-refractivity contribution in [2.75, 3.05) is 13.2 Å². The minimum atomic E-state index is -0.565. The summed E-state index contributed by atoms with van der Waals surface area (Å²) in [6, 6.07) is 1.58. The van der Waals surface area contributed by atoms with Crippen molar-refractivity contribution in [1.29, 1.82) is 0 Å². The first-order valence-electron chi connectivity index (χ1n) is 3.69. The quantitative estimate of drug-likeness (QED) is 0.865. The topological polar surface area (TPSA) is 46.9 Å². The lowest BCUT2D eigenvalue weighted by Gasteiger charge is -2.01. The molecule has 0 aliphatic carbocycles. The normalized spacial score (nSPS) is 10.1. The van der Waals surface area contributed by atoms with Crippen LogP contribution in [0.4, 0.5) is 4.39 Å². The third-order valence-electron chi connectivity index (χ3n) is 1.46. The van der Waals surface area contributed by atoms with Crippen LogP contribution in [0.1, 0.15) is 10.5 Å². The summed E-state index contributed by atoms with van der Waals surface area (Å²) in [6.07, 6.45) is 0. The van der Waals surface area contributed by atoms with E-state index in [2.05, 4.69) is 26.3 Å². The molecule has 0 aliphatic heterocycles. The Morgan fingerprint density at radius 1 is 1.85 bits per heavy atom. The lowest BCUT2D eigenvalue weighted by atomic mass is 10.4. The third-order valence-corrected chi connectivity index (χ3v) is 1.85. The first kappa shape index (κ1) is 10.2. The fourth-order valence-corrected chi connectivity index (χ4v) is 1.35. The highest BCUT2D eigenvalue weighted by Gasteiger charge is 2.10. The maximum absolute atomic E-state index is 11.7. The highest BCUT2D eigenvalue weighted by Crippen LogP contribution is 2.08. The monoisotopic (exact) mass is 249 g/mol. The zero-order chi connectivity index (χ0) is 9.84. The zero-order valence-electron chi connectivity index (χ0n) is 7.05. The standard InChI is InChI=1S/C7H9BrFN3O/c1-12-5(4-6(8)11-12)7(13)10-3-2-9/h4H,2-3H2,1H3,(H,10,13). The Bertz CT molecular complexity index is 313. The number of rotatable bonds is 3. The van der Waals surface area contributed by atoms with Gasteiger partial charge in [0.15, 0.2) is 0 Å². The van der Waals surface area contributed by atoms with Gasteiger partial charge in [-0.25, -0.2) is 4.39 Å². The van der Waals surface area contributed by atoms with Gasteiger partial charge in [0.1, 0.15) is 17.0 Å². The number of alkyl halides is 1. The van der Waals surface area contributed by atoms with Crippen molar-refractivity contribution in [2.24, 2.45) is 7.05 Å². The van der Waals surface area contributed by atoms with Crippen LogP contribution in [0.25, 0.3) is 0 Å². The molecule has 1 amide bonds. The molecule has 1 N–H and O–H groups in total. The van der Waals surface area contributed by atoms with Crippen LogP contribution in [-0.2, 0) is 7.05 Å². The molecule has 0 saturated heterocycles. The second-order valence-electron chi connectivity index (χ2n) is 2.42. The molecule has 1 aromatic rings. The molecule has 0 bridgehead atoms. The van der Waals surface area contributed by atoms with Crippen LogP contribution in [0.5, 0.6) is 0 Å². The minimum Gasteiger partial charge on any atom is -0.348 e. The average molecular weight is 250 g/mol. The first-order chi connectivity index (χ1) is 6.15. The Balaban J connectivity index is 2.70. The SMILES string of the molecule is Cn1nc(Br)cc1C(=O)NCCF. The largest absolute Gasteiger partial charge is 0.348 e. The Morgan fingerprint density at radius 3 is 3.00 bits per heavy atom. The molecule has 0 aliphatic rings. The van der Waals surface area contributed by atoms with Crippen molar-refractivity contribution in [3.05, 3.63) is 16.4 Å². The van der Waals surface area contributed by atoms with E-state index in [1.165, 1.54) is 4.68 Å². The Labute approximate surface area is 83.2 Å². The number of aryl methyl sites for hydroxylation is 1. The summed E-state index contributed by atoms with van der Waals surface area (Å²) in [5.41, 5.74) is 0.403. The molecule has 0 atom stereocenters. The molecule has 0 saturated carbocycles. The van der Waals surface area contributed by atoms with E-state index in [4.69, 9.17) is 0 Å². The molecular formula is C7H9BrFN3O. The van der Waals surface area contributed by atoms with Gasteiger partial charge in [-0.05, 0) is 15.9 Å². The predicted molar refractivity (Wildman–Crippen MR) is 49.2 cm³/mol. The van der Waals surface area contributed by atoms with Gasteiger partial charge in [0.05, 0.1) is 0 Å². The molecule has 0 spiro atoms. The van der Waals surface area contributed by atoms with Crippen molar-refractivity contribution in [1.82, 2.24) is 15.1 Å². The number of carbonyl (C=O) groups is 1. The lowest BCUT2D eigenvalue weighted by Crippen LogP contribution is -2.27. The van der Waals surface area contributed by atoms with E-state index < -0.39 is 6.67 Å². The highest BCUT2D eigenvalue weighted by atomic mass is 79.9. The maximum Gasteiger partial charge on any atom is 0.269 e. The molecule has 1 rings (SSSR count). The van der Waals surface area contributed by atoms with Crippen LogP contribution < -0.4 is 5.32 Å². The fourth-order valence-electron chi connectivity index (χ4n) is 0.896. The maximum atomic E-state index is 11.7. The van der Waals surface area contributed by atoms with Crippen LogP contribution >= 0.6 is 15.9 Å². The van der Waals surface area contributed by atoms with Gasteiger partial charge >= 0.3 is 0 Å². The van der Waals surface area contributed by atoms with E-state index in [1.807, 2.05) is 0 Å². The fraction of sp³-hybridized carbons (Fsp3) is 0.429. The minimum absolute atomic E-state index is 0.0294. The van der Waals surface area contributed by atoms with Crippen LogP contribution in [0.15, 0.2) is 10.7 Å². The summed E-state index contributed by atoms with van der Waals surface area (Å²) in [5, 5.41) is 6.33. The van der Waals surface area contributed by atoms with Crippen LogP contribution in [0.3, 0.4) is 0 Å². The smallest absolute Gasteiger partial charge is 0.269 e. The second-order valence-corrected chi connectivity index (χ2v) is 3.23. The van der Waals surface area contributed by atoms with Gasteiger partial charge in [-0.1, -0.05) is 0 Å². The highest BCUT2D eigenvalue weighted by molar-refractivity contribution is 9.10. The van der Waals surface area contributed by atoms with Gasteiger partial charge in [-0.3, -0.25) is 9.48 Å². The number of hydrogen-bond donors (Lipinski definition) is 1. The van der Waals surface area contributed by atoms with E-state index in [-0.39, 0.29) is 12.5 Å². The molecule has 1 aromatic heterocycles. The van der Waals surface area contributed by atoms with E-state index >= 15 is 0 Å². The summed E-state index contributed by atoms with van der Waals surface area (Å²) < 4.78 is 13.7. The number of hydrogen-bond acceptors (Lipinski definition) is 2. The summed E-state index contributed by atoms with van der Waals surface area (Å²) >= 11 is 3.13. The molecule has 6 heteroatoms. The van der Waals surface area contributed by atoms with Gasteiger partial charge < -0.3 is 5.32 Å². The third kappa shape index (κ3) is 2.51. The van der Waals surface area contributed by atoms with Gasteiger partial charge in [-0.2, -0.15) is 5.10 Å². The lowest BCUT2D eigenvalue weighted by molar-refractivity contribution is 0.0941. The molecule has 1 heterocycles. The van der Waals surface area contributed by atoms with E-state index in [0.717, 1.165) is 0 Å². The van der Waals surface area contributed by atoms with Crippen LogP contribution in [-0.4, -0.2) is 28.9 Å². The number of nitrogens with one attached hydrogen (secondary N) is 1. The average Bonchev–Trinajstić information content (AvgIpc) is 2.41. The molecule has 0 fully saturated rings. The van der Waals surface area contributed by atoms with E-state index in [9.17, 15) is 9.18 Å². The molecule has 0 aromatic carbocycles. The Kier molecular flexibility index (Phi) is 3.41. The summed E-state index contributed by atoms with van der Waals surface area (Å²) in [4.78, 5) is 11.3. The molecule has 13 heavy (non-hydrogen) atoms. The Hall–Kier alpha value is -0.910. The second kappa shape index (κ2) is 4.36. The van der Waals surface area contributed by atoms with Crippen molar-refractivity contribution < 1.29 is 9.18 Å². The number of halogens is 2. The number of nitrogens with zero attached hydrogens (tertiary/aromatic N) is 2. The van der Waals surface area contributed by atoms with E-state index in [1.54, 1.807) is 13.1 Å². The molecule has 4 nitrogen and oxygen atoms in total. The molecular weight excluding hydrogens is 241 g/mol. The number of amides is 1. The number of aromatic nitrogens is 2. The summed E-state index contributed by atoms with van der Waals surface area (Å²) in [7, 11) is 1.65. The number of carbonyl (C=O) groups excluding carboxylic acids is 1. The van der Waals surface area contributed by atoms with Crippen LogP contribution in [0.2, 0.25) is 0 Å². The zero-order valence-corrected chi connectivity index (χ0v) is 8.64. The van der Waals surface area contributed by atoms with Gasteiger partial charge in [0.2, 0.25) is 0 Å². The summed E-state index contributed by atoms with van der Waals surface area (Å²) in [6.45, 7) is -0.535. The van der Waals surface area contributed by atoms with Crippen molar-refractivity contribution in [3.63, 3.8) is 0 Å². The van der Waals surface area contributed by atoms with Gasteiger partial charge in [-0.15, -0.1) is 0 Å². The van der Waals surface area contributed by atoms with Crippen molar-refractivity contribution >= 4 is 21.8 Å². The van der Waals surface area contributed by atoms with Crippen molar-refractivity contribution in [2.45, 2.75) is 0 Å². The van der Waals surface area contributed by atoms with Crippen LogP contribution in [0, 0.1) is 0 Å².